The third-order valence-electron chi connectivity index (χ3n) is 4.06. The first kappa shape index (κ1) is 11.9. The number of rotatable bonds is 2. The number of hydrogen-bond donors (Lipinski definition) is 2. The highest BCUT2D eigenvalue weighted by atomic mass is 16.5. The van der Waals surface area contributed by atoms with Crippen molar-refractivity contribution in [3.8, 4) is 0 Å². The van der Waals surface area contributed by atoms with E-state index in [1.807, 2.05) is 20.8 Å². The summed E-state index contributed by atoms with van der Waals surface area (Å²) in [6, 6.07) is 0.0782. The average Bonchev–Trinajstić information content (AvgIpc) is 2.64. The Morgan fingerprint density at radius 3 is 2.56 bits per heavy atom. The molecule has 0 bridgehead atoms. The molecule has 1 saturated carbocycles. The molecular weight excluding hydrogens is 206 g/mol. The van der Waals surface area contributed by atoms with Gasteiger partial charge in [-0.2, -0.15) is 0 Å². The monoisotopic (exact) mass is 227 g/mol. The van der Waals surface area contributed by atoms with Crippen LogP contribution in [-0.4, -0.2) is 35.4 Å². The normalized spacial score (nSPS) is 41.5. The van der Waals surface area contributed by atoms with Crippen molar-refractivity contribution in [3.63, 3.8) is 0 Å². The summed E-state index contributed by atoms with van der Waals surface area (Å²) < 4.78 is 5.51. The number of carbonyl (C=O) groups excluding carboxylic acids is 1. The van der Waals surface area contributed by atoms with Crippen molar-refractivity contribution in [1.29, 1.82) is 0 Å². The molecule has 4 heteroatoms. The molecule has 1 heterocycles. The molecule has 0 spiro atoms. The Morgan fingerprint density at radius 2 is 2.12 bits per heavy atom. The number of amides is 1. The van der Waals surface area contributed by atoms with Gasteiger partial charge in [0.1, 0.15) is 6.10 Å². The first-order valence-corrected chi connectivity index (χ1v) is 6.05. The van der Waals surface area contributed by atoms with Crippen LogP contribution >= 0.6 is 0 Å². The fraction of sp³-hybridized carbons (Fsp3) is 0.917. The van der Waals surface area contributed by atoms with Gasteiger partial charge in [0.15, 0.2) is 0 Å². The van der Waals surface area contributed by atoms with Crippen LogP contribution in [0.4, 0.5) is 0 Å². The summed E-state index contributed by atoms with van der Waals surface area (Å²) in [6.45, 7) is 5.94. The van der Waals surface area contributed by atoms with Gasteiger partial charge in [0.25, 0.3) is 0 Å². The highest BCUT2D eigenvalue weighted by Gasteiger charge is 2.48. The lowest BCUT2D eigenvalue weighted by atomic mass is 9.64. The Balaban J connectivity index is 1.85. The van der Waals surface area contributed by atoms with Crippen molar-refractivity contribution < 1.29 is 14.6 Å². The van der Waals surface area contributed by atoms with Gasteiger partial charge < -0.3 is 15.2 Å². The predicted octanol–water partition coefficient (Wildman–Crippen LogP) is 0.829. The van der Waals surface area contributed by atoms with Crippen molar-refractivity contribution in [2.75, 3.05) is 0 Å². The van der Waals surface area contributed by atoms with E-state index in [1.54, 1.807) is 0 Å². The summed E-state index contributed by atoms with van der Waals surface area (Å²) in [5.41, 5.74) is -0.208. The van der Waals surface area contributed by atoms with Crippen molar-refractivity contribution in [2.24, 2.45) is 5.41 Å². The van der Waals surface area contributed by atoms with E-state index < -0.39 is 0 Å². The molecule has 2 N–H and O–H groups in total. The maximum atomic E-state index is 11.9. The van der Waals surface area contributed by atoms with Crippen LogP contribution < -0.4 is 5.32 Å². The van der Waals surface area contributed by atoms with E-state index in [-0.39, 0.29) is 35.7 Å². The molecule has 92 valence electrons. The van der Waals surface area contributed by atoms with Crippen LogP contribution in [0.15, 0.2) is 0 Å². The number of carbonyl (C=O) groups is 1. The van der Waals surface area contributed by atoms with Crippen LogP contribution in [-0.2, 0) is 9.53 Å². The second kappa shape index (κ2) is 4.00. The van der Waals surface area contributed by atoms with Crippen LogP contribution in [0.3, 0.4) is 0 Å². The Kier molecular flexibility index (Phi) is 2.97. The quantitative estimate of drug-likeness (QED) is 0.734. The van der Waals surface area contributed by atoms with Gasteiger partial charge in [-0.15, -0.1) is 0 Å². The predicted molar refractivity (Wildman–Crippen MR) is 59.9 cm³/mol. The molecule has 2 rings (SSSR count). The molecule has 0 aromatic rings. The van der Waals surface area contributed by atoms with Crippen molar-refractivity contribution in [1.82, 2.24) is 5.32 Å². The van der Waals surface area contributed by atoms with Gasteiger partial charge in [-0.3, -0.25) is 4.79 Å². The van der Waals surface area contributed by atoms with E-state index in [0.29, 0.717) is 6.42 Å². The van der Waals surface area contributed by atoms with Crippen LogP contribution in [0.2, 0.25) is 0 Å². The van der Waals surface area contributed by atoms with Crippen molar-refractivity contribution in [2.45, 2.75) is 64.4 Å². The van der Waals surface area contributed by atoms with Gasteiger partial charge in [-0.1, -0.05) is 13.8 Å². The molecule has 2 aliphatic rings. The minimum atomic E-state index is -0.304. The van der Waals surface area contributed by atoms with Gasteiger partial charge in [-0.25, -0.2) is 0 Å². The fourth-order valence-corrected chi connectivity index (χ4v) is 2.41. The van der Waals surface area contributed by atoms with E-state index in [9.17, 15) is 9.90 Å². The third-order valence-corrected chi connectivity index (χ3v) is 4.06. The zero-order valence-corrected chi connectivity index (χ0v) is 10.2. The SMILES string of the molecule is CC1CCC(C(=O)NC2CC(O)C2(C)C)O1. The van der Waals surface area contributed by atoms with Crippen LogP contribution in [0.1, 0.15) is 40.0 Å². The molecule has 4 atom stereocenters. The second-order valence-corrected chi connectivity index (χ2v) is 5.65. The molecule has 0 aromatic heterocycles. The molecule has 0 aromatic carbocycles. The topological polar surface area (TPSA) is 58.6 Å². The van der Waals surface area contributed by atoms with E-state index in [1.165, 1.54) is 0 Å². The summed E-state index contributed by atoms with van der Waals surface area (Å²) in [5.74, 6) is -0.0191. The first-order valence-electron chi connectivity index (χ1n) is 6.05. The molecule has 0 radical (unpaired) electrons. The molecule has 2 fully saturated rings. The molecule has 4 nitrogen and oxygen atoms in total. The maximum absolute atomic E-state index is 11.9. The van der Waals surface area contributed by atoms with Crippen molar-refractivity contribution >= 4 is 5.91 Å². The lowest BCUT2D eigenvalue weighted by Crippen LogP contribution is -2.62. The number of hydrogen-bond acceptors (Lipinski definition) is 3. The van der Waals surface area contributed by atoms with Crippen molar-refractivity contribution in [3.05, 3.63) is 0 Å². The van der Waals surface area contributed by atoms with Crippen LogP contribution in [0.5, 0.6) is 0 Å². The lowest BCUT2D eigenvalue weighted by molar-refractivity contribution is -0.139. The van der Waals surface area contributed by atoms with Gasteiger partial charge >= 0.3 is 0 Å². The van der Waals surface area contributed by atoms with Crippen LogP contribution in [0, 0.1) is 5.41 Å². The smallest absolute Gasteiger partial charge is 0.249 e. The number of nitrogens with one attached hydrogen (secondary N) is 1. The van der Waals surface area contributed by atoms with E-state index in [4.69, 9.17) is 4.74 Å². The maximum Gasteiger partial charge on any atom is 0.249 e. The summed E-state index contributed by atoms with van der Waals surface area (Å²) in [5, 5.41) is 12.6. The third kappa shape index (κ3) is 1.96. The number of aliphatic hydroxyl groups is 1. The minimum Gasteiger partial charge on any atom is -0.392 e. The lowest BCUT2D eigenvalue weighted by Gasteiger charge is -2.49. The highest BCUT2D eigenvalue weighted by molar-refractivity contribution is 5.81. The fourth-order valence-electron chi connectivity index (χ4n) is 2.41. The minimum absolute atomic E-state index is 0.0191. The molecule has 1 aliphatic heterocycles. The van der Waals surface area contributed by atoms with E-state index >= 15 is 0 Å². The Morgan fingerprint density at radius 1 is 1.44 bits per heavy atom. The van der Waals surface area contributed by atoms with E-state index in [0.717, 1.165) is 12.8 Å². The number of aliphatic hydroxyl groups excluding tert-OH is 1. The first-order chi connectivity index (χ1) is 7.41. The van der Waals surface area contributed by atoms with Gasteiger partial charge in [0, 0.05) is 11.5 Å². The van der Waals surface area contributed by atoms with Gasteiger partial charge in [-0.05, 0) is 26.2 Å². The van der Waals surface area contributed by atoms with Gasteiger partial charge in [0.05, 0.1) is 12.2 Å². The molecule has 4 unspecified atom stereocenters. The molecular formula is C12H21NO3. The zero-order valence-electron chi connectivity index (χ0n) is 10.2. The Hall–Kier alpha value is -0.610. The Labute approximate surface area is 96.4 Å². The Bertz CT molecular complexity index is 290. The summed E-state index contributed by atoms with van der Waals surface area (Å²) in [4.78, 5) is 11.9. The summed E-state index contributed by atoms with van der Waals surface area (Å²) >= 11 is 0. The molecule has 16 heavy (non-hydrogen) atoms. The molecule has 1 saturated heterocycles. The largest absolute Gasteiger partial charge is 0.392 e. The van der Waals surface area contributed by atoms with Gasteiger partial charge in [0.2, 0.25) is 5.91 Å². The summed E-state index contributed by atoms with van der Waals surface area (Å²) in [6.07, 6.45) is 2.01. The zero-order chi connectivity index (χ0) is 11.9. The average molecular weight is 227 g/mol. The van der Waals surface area contributed by atoms with Crippen LogP contribution in [0.25, 0.3) is 0 Å². The number of ether oxygens (including phenoxy) is 1. The molecule has 1 amide bonds. The molecule has 1 aliphatic carbocycles. The summed E-state index contributed by atoms with van der Waals surface area (Å²) in [7, 11) is 0. The second-order valence-electron chi connectivity index (χ2n) is 5.65. The standard InChI is InChI=1S/C12H21NO3/c1-7-4-5-8(16-7)11(15)13-9-6-10(14)12(9,2)3/h7-10,14H,4-6H2,1-3H3,(H,13,15). The highest BCUT2D eigenvalue weighted by Crippen LogP contribution is 2.40. The van der Waals surface area contributed by atoms with E-state index in [2.05, 4.69) is 5.32 Å².